The summed E-state index contributed by atoms with van der Waals surface area (Å²) >= 11 is 0. The Kier molecular flexibility index (Phi) is 6.09. The molecule has 108 valence electrons. The summed E-state index contributed by atoms with van der Waals surface area (Å²) in [6.45, 7) is 11.7. The predicted molar refractivity (Wildman–Crippen MR) is 73.3 cm³/mol. The summed E-state index contributed by atoms with van der Waals surface area (Å²) in [6, 6.07) is 0. The second-order valence-electron chi connectivity index (χ2n) is 6.68. The number of rotatable bonds is 7. The van der Waals surface area contributed by atoms with E-state index in [0.717, 1.165) is 12.8 Å². The van der Waals surface area contributed by atoms with Crippen molar-refractivity contribution in [1.82, 2.24) is 0 Å². The highest BCUT2D eigenvalue weighted by atomic mass is 16.7. The van der Waals surface area contributed by atoms with Gasteiger partial charge < -0.3 is 14.6 Å². The lowest BCUT2D eigenvalue weighted by Crippen LogP contribution is -2.35. The zero-order chi connectivity index (χ0) is 13.8. The first kappa shape index (κ1) is 15.9. The van der Waals surface area contributed by atoms with E-state index in [9.17, 15) is 5.11 Å². The molecule has 0 aromatic rings. The molecule has 1 heterocycles. The van der Waals surface area contributed by atoms with Gasteiger partial charge in [0.15, 0.2) is 5.79 Å². The van der Waals surface area contributed by atoms with E-state index >= 15 is 0 Å². The number of hydrogen-bond acceptors (Lipinski definition) is 3. The van der Waals surface area contributed by atoms with Crippen molar-refractivity contribution in [3.8, 4) is 0 Å². The molecular formula is C15H30O3. The molecule has 0 amide bonds. The van der Waals surface area contributed by atoms with Gasteiger partial charge in [-0.1, -0.05) is 34.6 Å². The van der Waals surface area contributed by atoms with E-state index in [-0.39, 0.29) is 12.7 Å². The Morgan fingerprint density at radius 1 is 1.11 bits per heavy atom. The molecule has 0 spiro atoms. The van der Waals surface area contributed by atoms with Gasteiger partial charge in [0.05, 0.1) is 13.2 Å². The molecule has 3 atom stereocenters. The Morgan fingerprint density at radius 2 is 1.78 bits per heavy atom. The standard InChI is InChI=1S/C15H30O3/c1-11(2)6-13(5)8-15(7-12(3)4)17-10-14(9-16)18-15/h11-14,16H,6-10H2,1-5H3. The minimum absolute atomic E-state index is 0.0540. The summed E-state index contributed by atoms with van der Waals surface area (Å²) in [6.07, 6.45) is 2.89. The molecule has 1 saturated heterocycles. The Hall–Kier alpha value is -0.120. The van der Waals surface area contributed by atoms with Crippen molar-refractivity contribution in [2.75, 3.05) is 13.2 Å². The van der Waals surface area contributed by atoms with Crippen LogP contribution in [0.5, 0.6) is 0 Å². The van der Waals surface area contributed by atoms with Crippen LogP contribution >= 0.6 is 0 Å². The van der Waals surface area contributed by atoms with Crippen molar-refractivity contribution in [2.45, 2.75) is 65.8 Å². The zero-order valence-corrected chi connectivity index (χ0v) is 12.6. The molecule has 0 saturated carbocycles. The van der Waals surface area contributed by atoms with Gasteiger partial charge in [-0.2, -0.15) is 0 Å². The van der Waals surface area contributed by atoms with Crippen LogP contribution < -0.4 is 0 Å². The minimum atomic E-state index is -0.462. The van der Waals surface area contributed by atoms with Crippen LogP contribution in [-0.4, -0.2) is 30.2 Å². The average molecular weight is 258 g/mol. The van der Waals surface area contributed by atoms with Crippen molar-refractivity contribution < 1.29 is 14.6 Å². The van der Waals surface area contributed by atoms with E-state index in [0.29, 0.717) is 24.4 Å². The van der Waals surface area contributed by atoms with E-state index in [1.807, 2.05) is 0 Å². The van der Waals surface area contributed by atoms with Gasteiger partial charge in [-0.15, -0.1) is 0 Å². The summed E-state index contributed by atoms with van der Waals surface area (Å²) < 4.78 is 11.9. The highest BCUT2D eigenvalue weighted by molar-refractivity contribution is 4.82. The van der Waals surface area contributed by atoms with Crippen LogP contribution in [0.25, 0.3) is 0 Å². The molecule has 3 heteroatoms. The van der Waals surface area contributed by atoms with Crippen LogP contribution in [0.15, 0.2) is 0 Å². The maximum atomic E-state index is 9.21. The average Bonchev–Trinajstić information content (AvgIpc) is 2.58. The maximum Gasteiger partial charge on any atom is 0.169 e. The fourth-order valence-corrected chi connectivity index (χ4v) is 3.04. The Balaban J connectivity index is 2.61. The van der Waals surface area contributed by atoms with Gasteiger partial charge >= 0.3 is 0 Å². The summed E-state index contributed by atoms with van der Waals surface area (Å²) in [4.78, 5) is 0. The third-order valence-corrected chi connectivity index (χ3v) is 3.37. The molecule has 1 aliphatic heterocycles. The van der Waals surface area contributed by atoms with Crippen molar-refractivity contribution >= 4 is 0 Å². The van der Waals surface area contributed by atoms with E-state index in [1.54, 1.807) is 0 Å². The molecule has 1 fully saturated rings. The maximum absolute atomic E-state index is 9.21. The molecule has 18 heavy (non-hydrogen) atoms. The minimum Gasteiger partial charge on any atom is -0.394 e. The third kappa shape index (κ3) is 4.87. The molecule has 0 aromatic heterocycles. The van der Waals surface area contributed by atoms with Gasteiger partial charge in [-0.05, 0) is 24.2 Å². The van der Waals surface area contributed by atoms with Gasteiger partial charge in [-0.3, -0.25) is 0 Å². The van der Waals surface area contributed by atoms with Crippen molar-refractivity contribution in [1.29, 1.82) is 0 Å². The summed E-state index contributed by atoms with van der Waals surface area (Å²) in [5.41, 5.74) is 0. The second kappa shape index (κ2) is 6.88. The SMILES string of the molecule is CC(C)CC(C)CC1(CC(C)C)OCC(CO)O1. The monoisotopic (exact) mass is 258 g/mol. The fourth-order valence-electron chi connectivity index (χ4n) is 3.04. The number of aliphatic hydroxyl groups is 1. The molecule has 0 aromatic carbocycles. The quantitative estimate of drug-likeness (QED) is 0.762. The number of aliphatic hydroxyl groups excluding tert-OH is 1. The lowest BCUT2D eigenvalue weighted by molar-refractivity contribution is -0.193. The molecular weight excluding hydrogens is 228 g/mol. The highest BCUT2D eigenvalue weighted by Crippen LogP contribution is 2.37. The normalized spacial score (nSPS) is 30.3. The first-order chi connectivity index (χ1) is 8.37. The molecule has 1 aliphatic rings. The first-order valence-corrected chi connectivity index (χ1v) is 7.29. The van der Waals surface area contributed by atoms with Gasteiger partial charge in [0.2, 0.25) is 0 Å². The molecule has 3 nitrogen and oxygen atoms in total. The van der Waals surface area contributed by atoms with Crippen LogP contribution in [0.1, 0.15) is 53.9 Å². The van der Waals surface area contributed by atoms with Crippen LogP contribution in [-0.2, 0) is 9.47 Å². The Labute approximate surface area is 112 Å². The van der Waals surface area contributed by atoms with Crippen molar-refractivity contribution in [3.05, 3.63) is 0 Å². The summed E-state index contributed by atoms with van der Waals surface area (Å²) in [5, 5.41) is 9.21. The third-order valence-electron chi connectivity index (χ3n) is 3.37. The first-order valence-electron chi connectivity index (χ1n) is 7.29. The molecule has 0 aliphatic carbocycles. The highest BCUT2D eigenvalue weighted by Gasteiger charge is 2.42. The van der Waals surface area contributed by atoms with Crippen LogP contribution in [0, 0.1) is 17.8 Å². The number of ether oxygens (including phenoxy) is 2. The smallest absolute Gasteiger partial charge is 0.169 e. The number of hydrogen-bond donors (Lipinski definition) is 1. The van der Waals surface area contributed by atoms with E-state index < -0.39 is 5.79 Å². The van der Waals surface area contributed by atoms with E-state index in [1.165, 1.54) is 6.42 Å². The van der Waals surface area contributed by atoms with Crippen LogP contribution in [0.2, 0.25) is 0 Å². The van der Waals surface area contributed by atoms with Gasteiger partial charge in [0.25, 0.3) is 0 Å². The van der Waals surface area contributed by atoms with Crippen molar-refractivity contribution in [3.63, 3.8) is 0 Å². The molecule has 0 radical (unpaired) electrons. The lowest BCUT2D eigenvalue weighted by atomic mass is 9.88. The molecule has 0 bridgehead atoms. The predicted octanol–water partition coefficient (Wildman–Crippen LogP) is 3.21. The molecule has 1 N–H and O–H groups in total. The molecule has 3 unspecified atom stereocenters. The van der Waals surface area contributed by atoms with E-state index in [2.05, 4.69) is 34.6 Å². The summed E-state index contributed by atoms with van der Waals surface area (Å²) in [5.74, 6) is 1.36. The zero-order valence-electron chi connectivity index (χ0n) is 12.6. The second-order valence-corrected chi connectivity index (χ2v) is 6.68. The van der Waals surface area contributed by atoms with Gasteiger partial charge in [-0.25, -0.2) is 0 Å². The summed E-state index contributed by atoms with van der Waals surface area (Å²) in [7, 11) is 0. The topological polar surface area (TPSA) is 38.7 Å². The van der Waals surface area contributed by atoms with Crippen LogP contribution in [0.4, 0.5) is 0 Å². The lowest BCUT2D eigenvalue weighted by Gasteiger charge is -2.32. The van der Waals surface area contributed by atoms with Crippen molar-refractivity contribution in [2.24, 2.45) is 17.8 Å². The van der Waals surface area contributed by atoms with Gasteiger partial charge in [0.1, 0.15) is 6.10 Å². The Morgan fingerprint density at radius 3 is 2.22 bits per heavy atom. The largest absolute Gasteiger partial charge is 0.394 e. The van der Waals surface area contributed by atoms with Crippen LogP contribution in [0.3, 0.4) is 0 Å². The molecule has 1 rings (SSSR count). The fraction of sp³-hybridized carbons (Fsp3) is 1.00. The Bertz CT molecular complexity index is 240. The van der Waals surface area contributed by atoms with E-state index in [4.69, 9.17) is 9.47 Å². The van der Waals surface area contributed by atoms with Gasteiger partial charge in [0, 0.05) is 12.8 Å².